The molecule has 0 aliphatic rings. The van der Waals surface area contributed by atoms with Crippen molar-refractivity contribution in [3.8, 4) is 0 Å². The van der Waals surface area contributed by atoms with E-state index < -0.39 is 0 Å². The van der Waals surface area contributed by atoms with Crippen molar-refractivity contribution in [3.63, 3.8) is 0 Å². The SMILES string of the molecule is Cc1ccc(C(N)c2ccc(C)cc2C)cc1. The minimum atomic E-state index is -0.0313. The quantitative estimate of drug-likeness (QED) is 0.829. The third kappa shape index (κ3) is 2.56. The minimum Gasteiger partial charge on any atom is -0.320 e. The average Bonchev–Trinajstić information content (AvgIpc) is 2.29. The zero-order valence-corrected chi connectivity index (χ0v) is 10.7. The van der Waals surface area contributed by atoms with Crippen molar-refractivity contribution in [1.29, 1.82) is 0 Å². The summed E-state index contributed by atoms with van der Waals surface area (Å²) >= 11 is 0. The highest BCUT2D eigenvalue weighted by Gasteiger charge is 2.10. The molecule has 2 rings (SSSR count). The molecule has 1 atom stereocenters. The first-order valence-corrected chi connectivity index (χ1v) is 5.97. The molecule has 0 spiro atoms. The lowest BCUT2D eigenvalue weighted by molar-refractivity contribution is 0.860. The van der Waals surface area contributed by atoms with Crippen molar-refractivity contribution in [2.45, 2.75) is 26.8 Å². The molecule has 1 nitrogen and oxygen atoms in total. The topological polar surface area (TPSA) is 26.0 Å². The Bertz CT molecular complexity index is 512. The molecule has 0 amide bonds. The van der Waals surface area contributed by atoms with Gasteiger partial charge in [-0.25, -0.2) is 0 Å². The van der Waals surface area contributed by atoms with Crippen LogP contribution in [0.5, 0.6) is 0 Å². The number of benzene rings is 2. The zero-order chi connectivity index (χ0) is 12.4. The van der Waals surface area contributed by atoms with Crippen LogP contribution in [0.4, 0.5) is 0 Å². The van der Waals surface area contributed by atoms with E-state index in [4.69, 9.17) is 5.73 Å². The van der Waals surface area contributed by atoms with Gasteiger partial charge in [0.25, 0.3) is 0 Å². The first-order chi connectivity index (χ1) is 8.08. The number of nitrogens with two attached hydrogens (primary N) is 1. The molecular weight excluding hydrogens is 206 g/mol. The second-order valence-corrected chi connectivity index (χ2v) is 4.75. The fraction of sp³-hybridized carbons (Fsp3) is 0.250. The lowest BCUT2D eigenvalue weighted by Gasteiger charge is -2.16. The first kappa shape index (κ1) is 11.9. The molecule has 0 aliphatic carbocycles. The standard InChI is InChI=1S/C16H19N/c1-11-4-7-14(8-5-11)16(17)15-9-6-12(2)10-13(15)3/h4-10,16H,17H2,1-3H3. The summed E-state index contributed by atoms with van der Waals surface area (Å²) in [5.41, 5.74) is 12.5. The lowest BCUT2D eigenvalue weighted by atomic mass is 9.94. The van der Waals surface area contributed by atoms with Gasteiger partial charge in [0.2, 0.25) is 0 Å². The van der Waals surface area contributed by atoms with E-state index in [1.807, 2.05) is 0 Å². The van der Waals surface area contributed by atoms with Gasteiger partial charge in [0.15, 0.2) is 0 Å². The van der Waals surface area contributed by atoms with Crippen LogP contribution in [-0.2, 0) is 0 Å². The molecule has 0 radical (unpaired) electrons. The third-order valence-electron chi connectivity index (χ3n) is 3.20. The van der Waals surface area contributed by atoms with E-state index >= 15 is 0 Å². The largest absolute Gasteiger partial charge is 0.320 e. The molecule has 0 fully saturated rings. The lowest BCUT2D eigenvalue weighted by Crippen LogP contribution is -2.13. The van der Waals surface area contributed by atoms with Gasteiger partial charge in [0, 0.05) is 0 Å². The smallest absolute Gasteiger partial charge is 0.0554 e. The number of hydrogen-bond donors (Lipinski definition) is 1. The maximum absolute atomic E-state index is 6.32. The van der Waals surface area contributed by atoms with Crippen molar-refractivity contribution < 1.29 is 0 Å². The summed E-state index contributed by atoms with van der Waals surface area (Å²) in [6.07, 6.45) is 0. The van der Waals surface area contributed by atoms with Crippen LogP contribution in [0, 0.1) is 20.8 Å². The minimum absolute atomic E-state index is 0.0313. The number of aryl methyl sites for hydroxylation is 3. The Balaban J connectivity index is 2.36. The van der Waals surface area contributed by atoms with Gasteiger partial charge in [-0.3, -0.25) is 0 Å². The Morgan fingerprint density at radius 2 is 1.41 bits per heavy atom. The Kier molecular flexibility index (Phi) is 3.30. The predicted octanol–water partition coefficient (Wildman–Crippen LogP) is 3.66. The van der Waals surface area contributed by atoms with Crippen molar-refractivity contribution in [2.75, 3.05) is 0 Å². The van der Waals surface area contributed by atoms with Crippen molar-refractivity contribution in [3.05, 3.63) is 70.3 Å². The molecule has 1 unspecified atom stereocenters. The van der Waals surface area contributed by atoms with Crippen LogP contribution in [-0.4, -0.2) is 0 Å². The number of rotatable bonds is 2. The van der Waals surface area contributed by atoms with Crippen LogP contribution in [0.1, 0.15) is 33.9 Å². The van der Waals surface area contributed by atoms with Gasteiger partial charge >= 0.3 is 0 Å². The van der Waals surface area contributed by atoms with E-state index in [1.54, 1.807) is 0 Å². The van der Waals surface area contributed by atoms with Gasteiger partial charge in [0.1, 0.15) is 0 Å². The molecule has 0 heterocycles. The maximum atomic E-state index is 6.32. The van der Waals surface area contributed by atoms with E-state index in [2.05, 4.69) is 63.2 Å². The molecule has 0 aliphatic heterocycles. The predicted molar refractivity (Wildman–Crippen MR) is 73.1 cm³/mol. The monoisotopic (exact) mass is 225 g/mol. The van der Waals surface area contributed by atoms with Crippen LogP contribution in [0.2, 0.25) is 0 Å². The van der Waals surface area contributed by atoms with Crippen molar-refractivity contribution in [2.24, 2.45) is 5.73 Å². The molecule has 0 bridgehead atoms. The Morgan fingerprint density at radius 1 is 0.824 bits per heavy atom. The first-order valence-electron chi connectivity index (χ1n) is 5.97. The van der Waals surface area contributed by atoms with Gasteiger partial charge in [-0.05, 0) is 37.5 Å². The maximum Gasteiger partial charge on any atom is 0.0554 e. The van der Waals surface area contributed by atoms with Crippen LogP contribution in [0.3, 0.4) is 0 Å². The molecule has 0 saturated heterocycles. The highest BCUT2D eigenvalue weighted by molar-refractivity contribution is 5.39. The second kappa shape index (κ2) is 4.72. The summed E-state index contributed by atoms with van der Waals surface area (Å²) in [7, 11) is 0. The van der Waals surface area contributed by atoms with Crippen LogP contribution in [0.25, 0.3) is 0 Å². The summed E-state index contributed by atoms with van der Waals surface area (Å²) in [4.78, 5) is 0. The van der Waals surface area contributed by atoms with E-state index in [0.717, 1.165) is 0 Å². The van der Waals surface area contributed by atoms with Crippen LogP contribution < -0.4 is 5.73 Å². The fourth-order valence-electron chi connectivity index (χ4n) is 2.13. The molecule has 17 heavy (non-hydrogen) atoms. The Morgan fingerprint density at radius 3 is 2.00 bits per heavy atom. The van der Waals surface area contributed by atoms with Crippen molar-refractivity contribution >= 4 is 0 Å². The summed E-state index contributed by atoms with van der Waals surface area (Å²) in [6.45, 7) is 6.32. The van der Waals surface area contributed by atoms with Crippen LogP contribution >= 0.6 is 0 Å². The average molecular weight is 225 g/mol. The Hall–Kier alpha value is -1.60. The van der Waals surface area contributed by atoms with E-state index in [1.165, 1.54) is 27.8 Å². The van der Waals surface area contributed by atoms with Gasteiger partial charge in [-0.15, -0.1) is 0 Å². The molecule has 2 aromatic carbocycles. The van der Waals surface area contributed by atoms with Gasteiger partial charge in [-0.2, -0.15) is 0 Å². The molecule has 0 aromatic heterocycles. The molecule has 88 valence electrons. The second-order valence-electron chi connectivity index (χ2n) is 4.75. The summed E-state index contributed by atoms with van der Waals surface area (Å²) < 4.78 is 0. The molecule has 2 aromatic rings. The van der Waals surface area contributed by atoms with E-state index in [9.17, 15) is 0 Å². The highest BCUT2D eigenvalue weighted by Crippen LogP contribution is 2.23. The zero-order valence-electron chi connectivity index (χ0n) is 10.7. The van der Waals surface area contributed by atoms with Crippen LogP contribution in [0.15, 0.2) is 42.5 Å². The number of hydrogen-bond acceptors (Lipinski definition) is 1. The summed E-state index contributed by atoms with van der Waals surface area (Å²) in [5, 5.41) is 0. The third-order valence-corrected chi connectivity index (χ3v) is 3.20. The Labute approximate surface area is 103 Å². The van der Waals surface area contributed by atoms with E-state index in [-0.39, 0.29) is 6.04 Å². The summed E-state index contributed by atoms with van der Waals surface area (Å²) in [6, 6.07) is 14.8. The van der Waals surface area contributed by atoms with Gasteiger partial charge in [0.05, 0.1) is 6.04 Å². The van der Waals surface area contributed by atoms with Gasteiger partial charge < -0.3 is 5.73 Å². The normalized spacial score (nSPS) is 12.5. The highest BCUT2D eigenvalue weighted by atomic mass is 14.6. The van der Waals surface area contributed by atoms with Crippen molar-refractivity contribution in [1.82, 2.24) is 0 Å². The molecular formula is C16H19N. The summed E-state index contributed by atoms with van der Waals surface area (Å²) in [5.74, 6) is 0. The molecule has 0 saturated carbocycles. The molecule has 2 N–H and O–H groups in total. The molecule has 1 heteroatoms. The van der Waals surface area contributed by atoms with Gasteiger partial charge in [-0.1, -0.05) is 53.6 Å². The fourth-order valence-corrected chi connectivity index (χ4v) is 2.13. The van der Waals surface area contributed by atoms with E-state index in [0.29, 0.717) is 0 Å².